The Labute approximate surface area is 200 Å². The number of hydrogen-bond acceptors (Lipinski definition) is 6. The Morgan fingerprint density at radius 3 is 2.60 bits per heavy atom. The van der Waals surface area contributed by atoms with Crippen LogP contribution in [0.15, 0.2) is 72.9 Å². The van der Waals surface area contributed by atoms with Crippen molar-refractivity contribution in [3.63, 3.8) is 0 Å². The zero-order chi connectivity index (χ0) is 24.6. The number of nitrogens with one attached hydrogen (secondary N) is 1. The summed E-state index contributed by atoms with van der Waals surface area (Å²) < 4.78 is 36.2. The van der Waals surface area contributed by atoms with Gasteiger partial charge in [0.05, 0.1) is 24.4 Å². The number of halogens is 1. The average Bonchev–Trinajstić information content (AvgIpc) is 2.86. The molecule has 1 amide bonds. The van der Waals surface area contributed by atoms with E-state index in [1.165, 1.54) is 12.1 Å². The summed E-state index contributed by atoms with van der Waals surface area (Å²) in [5, 5.41) is 2.93. The van der Waals surface area contributed by atoms with E-state index in [1.54, 1.807) is 61.8 Å². The highest BCUT2D eigenvalue weighted by Gasteiger charge is 2.14. The molecule has 4 aromatic rings. The minimum atomic E-state index is -0.820. The van der Waals surface area contributed by atoms with E-state index in [2.05, 4.69) is 15.1 Å². The van der Waals surface area contributed by atoms with Gasteiger partial charge in [0.15, 0.2) is 5.82 Å². The van der Waals surface area contributed by atoms with E-state index in [0.717, 1.165) is 6.07 Å². The number of methoxy groups -OCH3 is 1. The first-order chi connectivity index (χ1) is 17.1. The molecule has 0 saturated carbocycles. The van der Waals surface area contributed by atoms with Crippen molar-refractivity contribution in [3.05, 3.63) is 90.2 Å². The molecule has 0 aliphatic heterocycles. The minimum absolute atomic E-state index is 0.0639. The zero-order valence-electron chi connectivity index (χ0n) is 18.7. The van der Waals surface area contributed by atoms with Crippen molar-refractivity contribution in [1.82, 2.24) is 4.98 Å². The molecule has 0 saturated heterocycles. The first-order valence-electron chi connectivity index (χ1n) is 10.5. The van der Waals surface area contributed by atoms with Crippen LogP contribution in [0, 0.1) is 12.4 Å². The van der Waals surface area contributed by atoms with E-state index >= 15 is 0 Å². The molecule has 176 valence electrons. The zero-order valence-corrected chi connectivity index (χ0v) is 18.7. The monoisotopic (exact) mass is 473 g/mol. The van der Waals surface area contributed by atoms with Crippen LogP contribution in [0.1, 0.15) is 0 Å². The van der Waals surface area contributed by atoms with Crippen LogP contribution in [0.3, 0.4) is 0 Å². The van der Waals surface area contributed by atoms with Crippen molar-refractivity contribution in [2.75, 3.05) is 25.6 Å². The van der Waals surface area contributed by atoms with Crippen LogP contribution in [-0.4, -0.2) is 31.4 Å². The molecule has 0 radical (unpaired) electrons. The Morgan fingerprint density at radius 2 is 1.86 bits per heavy atom. The Hall–Kier alpha value is -4.68. The Balaban J connectivity index is 1.52. The third kappa shape index (κ3) is 5.82. The van der Waals surface area contributed by atoms with Crippen molar-refractivity contribution < 1.29 is 28.1 Å². The van der Waals surface area contributed by atoms with Crippen molar-refractivity contribution in [1.29, 1.82) is 0 Å². The highest BCUT2D eigenvalue weighted by molar-refractivity contribution is 5.91. The number of anilines is 1. The molecular formula is C26H20FN3O5. The normalized spacial score (nSPS) is 10.4. The maximum Gasteiger partial charge on any atom is 0.417 e. The fourth-order valence-electron chi connectivity index (χ4n) is 3.18. The third-order valence-electron chi connectivity index (χ3n) is 4.81. The van der Waals surface area contributed by atoms with Gasteiger partial charge in [0.25, 0.3) is 0 Å². The van der Waals surface area contributed by atoms with Gasteiger partial charge in [-0.25, -0.2) is 14.0 Å². The number of para-hydroxylation sites is 1. The van der Waals surface area contributed by atoms with Gasteiger partial charge in [-0.3, -0.25) is 10.3 Å². The molecule has 0 bridgehead atoms. The molecule has 1 aromatic heterocycles. The maximum absolute atomic E-state index is 14.7. The van der Waals surface area contributed by atoms with Crippen molar-refractivity contribution in [3.8, 4) is 23.0 Å². The molecule has 4 rings (SSSR count). The molecule has 0 aliphatic carbocycles. The van der Waals surface area contributed by atoms with Crippen LogP contribution in [0.5, 0.6) is 23.0 Å². The quantitative estimate of drug-likeness (QED) is 0.237. The number of aromatic nitrogens is 1. The van der Waals surface area contributed by atoms with Gasteiger partial charge in [0.1, 0.15) is 29.6 Å². The van der Waals surface area contributed by atoms with E-state index in [0.29, 0.717) is 41.4 Å². The molecule has 8 nitrogen and oxygen atoms in total. The first kappa shape index (κ1) is 23.5. The summed E-state index contributed by atoms with van der Waals surface area (Å²) in [6.45, 7) is 8.14. The SMILES string of the molecule is [C-]#[N+]c1cc2c(Oc3ccc(NC(=O)Oc4ccccc4)c(F)c3)ccnc2cc1OCCOC. The Bertz CT molecular complexity index is 1390. The molecule has 0 aliphatic rings. The Kier molecular flexibility index (Phi) is 7.35. The summed E-state index contributed by atoms with van der Waals surface area (Å²) in [5.74, 6) is 0.592. The van der Waals surface area contributed by atoms with Gasteiger partial charge < -0.3 is 18.9 Å². The summed E-state index contributed by atoms with van der Waals surface area (Å²) in [6, 6.07) is 17.3. The second kappa shape index (κ2) is 11.0. The van der Waals surface area contributed by atoms with Crippen LogP contribution in [0.25, 0.3) is 15.7 Å². The second-order valence-electron chi connectivity index (χ2n) is 7.17. The second-order valence-corrected chi connectivity index (χ2v) is 7.17. The third-order valence-corrected chi connectivity index (χ3v) is 4.81. The van der Waals surface area contributed by atoms with Crippen LogP contribution in [-0.2, 0) is 4.74 Å². The van der Waals surface area contributed by atoms with Gasteiger partial charge in [-0.05, 0) is 42.5 Å². The van der Waals surface area contributed by atoms with Crippen molar-refractivity contribution >= 4 is 28.4 Å². The van der Waals surface area contributed by atoms with Gasteiger partial charge >= 0.3 is 6.09 Å². The largest absolute Gasteiger partial charge is 0.502 e. The lowest BCUT2D eigenvalue weighted by Crippen LogP contribution is -2.17. The number of amides is 1. The standard InChI is InChI=1S/C26H20FN3O5/c1-28-23-15-19-22(16-25(23)33-13-12-32-2)29-11-10-24(19)34-18-8-9-21(20(27)14-18)30-26(31)35-17-6-4-3-5-7-17/h3-11,14-16H,12-13H2,2H3,(H,30,31). The molecule has 9 heteroatoms. The fourth-order valence-corrected chi connectivity index (χ4v) is 3.18. The van der Waals surface area contributed by atoms with Crippen LogP contribution in [0.4, 0.5) is 20.6 Å². The lowest BCUT2D eigenvalue weighted by atomic mass is 10.1. The van der Waals surface area contributed by atoms with Crippen molar-refractivity contribution in [2.45, 2.75) is 0 Å². The average molecular weight is 473 g/mol. The van der Waals surface area contributed by atoms with Gasteiger partial charge in [-0.15, -0.1) is 0 Å². The fraction of sp³-hybridized carbons (Fsp3) is 0.115. The van der Waals surface area contributed by atoms with E-state index in [1.807, 2.05) is 0 Å². The van der Waals surface area contributed by atoms with Crippen LogP contribution < -0.4 is 19.5 Å². The van der Waals surface area contributed by atoms with Crippen molar-refractivity contribution in [2.24, 2.45) is 0 Å². The predicted octanol–water partition coefficient (Wildman–Crippen LogP) is 6.35. The van der Waals surface area contributed by atoms with Gasteiger partial charge in [0.2, 0.25) is 5.69 Å². The molecule has 0 unspecified atom stereocenters. The Morgan fingerprint density at radius 1 is 1.03 bits per heavy atom. The molecule has 0 atom stereocenters. The number of benzene rings is 3. The molecule has 0 fully saturated rings. The lowest BCUT2D eigenvalue weighted by molar-refractivity contribution is 0.147. The minimum Gasteiger partial charge on any atom is -0.502 e. The van der Waals surface area contributed by atoms with E-state index in [9.17, 15) is 9.18 Å². The van der Waals surface area contributed by atoms with E-state index in [4.69, 9.17) is 25.5 Å². The van der Waals surface area contributed by atoms with Crippen LogP contribution >= 0.6 is 0 Å². The highest BCUT2D eigenvalue weighted by Crippen LogP contribution is 2.37. The van der Waals surface area contributed by atoms with Gasteiger partial charge in [-0.1, -0.05) is 18.2 Å². The van der Waals surface area contributed by atoms with E-state index < -0.39 is 11.9 Å². The maximum atomic E-state index is 14.7. The van der Waals surface area contributed by atoms with Gasteiger partial charge in [0, 0.05) is 24.8 Å². The summed E-state index contributed by atoms with van der Waals surface area (Å²) >= 11 is 0. The van der Waals surface area contributed by atoms with E-state index in [-0.39, 0.29) is 17.1 Å². The molecule has 0 spiro atoms. The van der Waals surface area contributed by atoms with Gasteiger partial charge in [-0.2, -0.15) is 0 Å². The number of ether oxygens (including phenoxy) is 4. The number of nitrogens with zero attached hydrogens (tertiary/aromatic N) is 2. The molecule has 35 heavy (non-hydrogen) atoms. The molecular weight excluding hydrogens is 453 g/mol. The number of rotatable bonds is 8. The number of pyridine rings is 1. The first-order valence-corrected chi connectivity index (χ1v) is 10.5. The molecule has 3 aromatic carbocycles. The lowest BCUT2D eigenvalue weighted by Gasteiger charge is -2.13. The van der Waals surface area contributed by atoms with Crippen LogP contribution in [0.2, 0.25) is 0 Å². The number of carbonyl (C=O) groups excluding carboxylic acids is 1. The predicted molar refractivity (Wildman–Crippen MR) is 128 cm³/mol. The number of carbonyl (C=O) groups is 1. The topological polar surface area (TPSA) is 83.3 Å². The summed E-state index contributed by atoms with van der Waals surface area (Å²) in [4.78, 5) is 19.9. The number of hydrogen-bond donors (Lipinski definition) is 1. The molecule has 1 heterocycles. The molecule has 1 N–H and O–H groups in total. The summed E-state index contributed by atoms with van der Waals surface area (Å²) in [7, 11) is 1.56. The summed E-state index contributed by atoms with van der Waals surface area (Å²) in [6.07, 6.45) is 0.721. The smallest absolute Gasteiger partial charge is 0.417 e. The number of fused-ring (bicyclic) bond motifs is 1. The highest BCUT2D eigenvalue weighted by atomic mass is 19.1. The summed E-state index contributed by atoms with van der Waals surface area (Å²) in [5.41, 5.74) is 0.768.